The number of fused-ring (bicyclic) bond motifs is 1. The number of hydrogen-bond acceptors (Lipinski definition) is 3. The number of para-hydroxylation sites is 1. The molecule has 0 aliphatic heterocycles. The van der Waals surface area contributed by atoms with Crippen LogP contribution in [0.2, 0.25) is 0 Å². The minimum Gasteiger partial charge on any atom is -0.240 e. The Kier molecular flexibility index (Phi) is 3.95. The summed E-state index contributed by atoms with van der Waals surface area (Å²) in [7, 11) is 0. The Balaban J connectivity index is 1.78. The molecule has 5 aromatic rings. The van der Waals surface area contributed by atoms with Gasteiger partial charge in [-0.05, 0) is 19.1 Å². The predicted octanol–water partition coefficient (Wildman–Crippen LogP) is 5.46. The molecule has 0 spiro atoms. The zero-order valence-corrected chi connectivity index (χ0v) is 15.4. The van der Waals surface area contributed by atoms with Crippen molar-refractivity contribution in [1.29, 1.82) is 0 Å². The van der Waals surface area contributed by atoms with E-state index in [9.17, 15) is 0 Å². The molecule has 28 heavy (non-hydrogen) atoms. The van der Waals surface area contributed by atoms with E-state index in [1.807, 2.05) is 71.5 Å². The van der Waals surface area contributed by atoms with E-state index < -0.39 is 0 Å². The van der Waals surface area contributed by atoms with Crippen molar-refractivity contribution in [3.63, 3.8) is 0 Å². The lowest BCUT2D eigenvalue weighted by Crippen LogP contribution is -1.95. The van der Waals surface area contributed by atoms with Crippen LogP contribution in [0, 0.1) is 6.92 Å². The average molecular weight is 362 g/mol. The van der Waals surface area contributed by atoms with Crippen LogP contribution in [0.3, 0.4) is 0 Å². The second kappa shape index (κ2) is 6.74. The van der Waals surface area contributed by atoms with Gasteiger partial charge < -0.3 is 0 Å². The van der Waals surface area contributed by atoms with Gasteiger partial charge in [0.15, 0.2) is 0 Å². The molecule has 0 radical (unpaired) electrons. The van der Waals surface area contributed by atoms with E-state index in [0.29, 0.717) is 0 Å². The average Bonchev–Trinajstić information content (AvgIpc) is 3.20. The lowest BCUT2D eigenvalue weighted by Gasteiger charge is -2.05. The molecule has 0 bridgehead atoms. The Hall–Kier alpha value is -3.79. The van der Waals surface area contributed by atoms with E-state index in [2.05, 4.69) is 41.4 Å². The van der Waals surface area contributed by atoms with Gasteiger partial charge in [-0.25, -0.2) is 4.68 Å². The van der Waals surface area contributed by atoms with Gasteiger partial charge in [-0.3, -0.25) is 0 Å². The molecule has 0 aliphatic rings. The first kappa shape index (κ1) is 16.4. The van der Waals surface area contributed by atoms with Crippen molar-refractivity contribution in [1.82, 2.24) is 20.0 Å². The first-order chi connectivity index (χ1) is 13.8. The van der Waals surface area contributed by atoms with Crippen LogP contribution in [0.4, 0.5) is 0 Å². The van der Waals surface area contributed by atoms with Gasteiger partial charge in [0.25, 0.3) is 0 Å². The minimum atomic E-state index is 0.793. The van der Waals surface area contributed by atoms with Gasteiger partial charge in [-0.2, -0.15) is 5.10 Å². The summed E-state index contributed by atoms with van der Waals surface area (Å²) < 4.78 is 1.90. The van der Waals surface area contributed by atoms with E-state index in [4.69, 9.17) is 5.10 Å². The Morgan fingerprint density at radius 3 is 1.96 bits per heavy atom. The van der Waals surface area contributed by atoms with Crippen LogP contribution >= 0.6 is 0 Å². The molecule has 2 aromatic heterocycles. The molecule has 4 nitrogen and oxygen atoms in total. The SMILES string of the molecule is Cc1ccc(-c2nnc(-c3ccccc3)c3nn(-c4ccccc4)cc23)cc1. The molecule has 5 rings (SSSR count). The third-order valence-corrected chi connectivity index (χ3v) is 4.84. The molecule has 0 saturated carbocycles. The fourth-order valence-electron chi connectivity index (χ4n) is 3.35. The number of aryl methyl sites for hydroxylation is 1. The molecule has 0 unspecified atom stereocenters. The van der Waals surface area contributed by atoms with Gasteiger partial charge in [0.2, 0.25) is 0 Å². The zero-order valence-electron chi connectivity index (χ0n) is 15.4. The van der Waals surface area contributed by atoms with Gasteiger partial charge in [0.05, 0.1) is 11.1 Å². The van der Waals surface area contributed by atoms with Crippen molar-refractivity contribution >= 4 is 10.9 Å². The maximum Gasteiger partial charge on any atom is 0.123 e. The van der Waals surface area contributed by atoms with Gasteiger partial charge in [0, 0.05) is 17.3 Å². The third kappa shape index (κ3) is 2.85. The summed E-state index contributed by atoms with van der Waals surface area (Å²) in [5, 5.41) is 15.0. The molecule has 2 heterocycles. The quantitative estimate of drug-likeness (QED) is 0.428. The van der Waals surface area contributed by atoms with Gasteiger partial charge >= 0.3 is 0 Å². The fraction of sp³-hybridized carbons (Fsp3) is 0.0417. The number of hydrogen-bond donors (Lipinski definition) is 0. The Labute approximate surface area is 163 Å². The largest absolute Gasteiger partial charge is 0.240 e. The topological polar surface area (TPSA) is 43.6 Å². The van der Waals surface area contributed by atoms with E-state index in [1.165, 1.54) is 5.56 Å². The van der Waals surface area contributed by atoms with Gasteiger partial charge in [-0.1, -0.05) is 78.4 Å². The normalized spacial score (nSPS) is 11.0. The second-order valence-corrected chi connectivity index (χ2v) is 6.80. The summed E-state index contributed by atoms with van der Waals surface area (Å²) in [5.41, 5.74) is 6.75. The van der Waals surface area contributed by atoms with Crippen LogP contribution in [-0.4, -0.2) is 20.0 Å². The molecule has 4 heteroatoms. The second-order valence-electron chi connectivity index (χ2n) is 6.80. The molecule has 0 N–H and O–H groups in total. The standard InChI is InChI=1S/C24H18N4/c1-17-12-14-19(15-13-17)22-21-16-28(20-10-6-3-7-11-20)27-24(21)23(26-25-22)18-8-4-2-5-9-18/h2-16H,1H3. The van der Waals surface area contributed by atoms with Crippen molar-refractivity contribution in [3.8, 4) is 28.2 Å². The Bertz CT molecular complexity index is 1240. The Morgan fingerprint density at radius 2 is 1.25 bits per heavy atom. The molecular weight excluding hydrogens is 344 g/mol. The zero-order chi connectivity index (χ0) is 18.9. The fourth-order valence-corrected chi connectivity index (χ4v) is 3.35. The summed E-state index contributed by atoms with van der Waals surface area (Å²) in [5.74, 6) is 0. The molecule has 0 aliphatic carbocycles. The number of nitrogens with zero attached hydrogens (tertiary/aromatic N) is 4. The molecule has 3 aromatic carbocycles. The summed E-state index contributed by atoms with van der Waals surface area (Å²) in [6.07, 6.45) is 2.04. The monoisotopic (exact) mass is 362 g/mol. The first-order valence-electron chi connectivity index (χ1n) is 9.23. The highest BCUT2D eigenvalue weighted by molar-refractivity contribution is 5.99. The molecule has 0 amide bonds. The van der Waals surface area contributed by atoms with Crippen molar-refractivity contribution < 1.29 is 0 Å². The smallest absolute Gasteiger partial charge is 0.123 e. The highest BCUT2D eigenvalue weighted by Gasteiger charge is 2.17. The van der Waals surface area contributed by atoms with Gasteiger partial charge in [0.1, 0.15) is 16.9 Å². The summed E-state index contributed by atoms with van der Waals surface area (Å²) in [6, 6.07) is 28.5. The third-order valence-electron chi connectivity index (χ3n) is 4.84. The van der Waals surface area contributed by atoms with Gasteiger partial charge in [-0.15, -0.1) is 10.2 Å². The van der Waals surface area contributed by atoms with Crippen LogP contribution in [0.1, 0.15) is 5.56 Å². The van der Waals surface area contributed by atoms with Crippen molar-refractivity contribution in [2.45, 2.75) is 6.92 Å². The van der Waals surface area contributed by atoms with E-state index in [1.54, 1.807) is 0 Å². The maximum atomic E-state index is 4.88. The van der Waals surface area contributed by atoms with Crippen molar-refractivity contribution in [2.24, 2.45) is 0 Å². The highest BCUT2D eigenvalue weighted by atomic mass is 15.3. The van der Waals surface area contributed by atoms with E-state index >= 15 is 0 Å². The first-order valence-corrected chi connectivity index (χ1v) is 9.23. The van der Waals surface area contributed by atoms with Crippen molar-refractivity contribution in [3.05, 3.63) is 96.7 Å². The molecule has 0 saturated heterocycles. The minimum absolute atomic E-state index is 0.793. The number of rotatable bonds is 3. The number of benzene rings is 3. The lowest BCUT2D eigenvalue weighted by atomic mass is 10.0. The lowest BCUT2D eigenvalue weighted by molar-refractivity contribution is 0.895. The molecule has 0 fully saturated rings. The summed E-state index contributed by atoms with van der Waals surface area (Å²) >= 11 is 0. The summed E-state index contributed by atoms with van der Waals surface area (Å²) in [6.45, 7) is 2.08. The van der Waals surface area contributed by atoms with Crippen LogP contribution in [0.15, 0.2) is 91.1 Å². The molecule has 0 atom stereocenters. The molecular formula is C24H18N4. The van der Waals surface area contributed by atoms with E-state index in [-0.39, 0.29) is 0 Å². The highest BCUT2D eigenvalue weighted by Crippen LogP contribution is 2.32. The van der Waals surface area contributed by atoms with Crippen molar-refractivity contribution in [2.75, 3.05) is 0 Å². The maximum absolute atomic E-state index is 4.88. The Morgan fingerprint density at radius 1 is 0.643 bits per heavy atom. The summed E-state index contributed by atoms with van der Waals surface area (Å²) in [4.78, 5) is 0. The van der Waals surface area contributed by atoms with Crippen LogP contribution < -0.4 is 0 Å². The van der Waals surface area contributed by atoms with E-state index in [0.717, 1.165) is 39.1 Å². The van der Waals surface area contributed by atoms with Crippen LogP contribution in [0.25, 0.3) is 39.1 Å². The van der Waals surface area contributed by atoms with Crippen LogP contribution in [-0.2, 0) is 0 Å². The van der Waals surface area contributed by atoms with Crippen LogP contribution in [0.5, 0.6) is 0 Å². The number of aromatic nitrogens is 4. The molecule has 134 valence electrons. The predicted molar refractivity (Wildman–Crippen MR) is 112 cm³/mol.